The summed E-state index contributed by atoms with van der Waals surface area (Å²) in [4.78, 5) is 24.9. The van der Waals surface area contributed by atoms with Gasteiger partial charge in [-0.2, -0.15) is 0 Å². The quantitative estimate of drug-likeness (QED) is 0.612. The van der Waals surface area contributed by atoms with E-state index in [1.807, 2.05) is 6.92 Å². The first-order valence-corrected chi connectivity index (χ1v) is 10.3. The van der Waals surface area contributed by atoms with Crippen molar-refractivity contribution in [3.63, 3.8) is 0 Å². The molecule has 1 saturated heterocycles. The Labute approximate surface area is 167 Å². The molecule has 0 spiro atoms. The minimum Gasteiger partial charge on any atom is -0.429 e. The average Bonchev–Trinajstić information content (AvgIpc) is 3.15. The zero-order chi connectivity index (χ0) is 20.7. The number of fused-ring (bicyclic) bond motifs is 1. The Kier molecular flexibility index (Phi) is 5.78. The van der Waals surface area contributed by atoms with Crippen LogP contribution in [0.2, 0.25) is 0 Å². The number of carbonyl (C=O) groups is 2. The number of esters is 1. The fraction of sp³-hybridized carbons (Fsp3) is 0.818. The van der Waals surface area contributed by atoms with Crippen LogP contribution < -0.4 is 0 Å². The molecule has 0 aromatic rings. The molecule has 6 heteroatoms. The van der Waals surface area contributed by atoms with Crippen molar-refractivity contribution >= 4 is 11.8 Å². The highest BCUT2D eigenvalue weighted by molar-refractivity contribution is 5.90. The molecule has 5 atom stereocenters. The van der Waals surface area contributed by atoms with Gasteiger partial charge in [0.25, 0.3) is 0 Å². The third-order valence-electron chi connectivity index (χ3n) is 7.31. The van der Waals surface area contributed by atoms with E-state index in [0.29, 0.717) is 24.8 Å². The number of rotatable bonds is 7. The van der Waals surface area contributed by atoms with Gasteiger partial charge in [0.1, 0.15) is 6.10 Å². The van der Waals surface area contributed by atoms with Gasteiger partial charge in [-0.3, -0.25) is 4.79 Å². The van der Waals surface area contributed by atoms with E-state index in [9.17, 15) is 9.59 Å². The molecule has 0 aromatic heterocycles. The first-order valence-electron chi connectivity index (χ1n) is 10.3. The highest BCUT2D eigenvalue weighted by Crippen LogP contribution is 2.65. The summed E-state index contributed by atoms with van der Waals surface area (Å²) in [5, 5.41) is 0. The molecule has 2 aliphatic heterocycles. The standard InChI is InChI=1S/C22H34O6/c1-7-15(23)17-18-20(2,3)10-8-11-21(18,4)22(26-6,28-17)12-9-14-13-16(25-5)27-19(14)24/h13,16-18H,7-12H2,1-6H3/t16?,17-,18+,21+,22-/m1/s1. The Hall–Kier alpha value is -1.24. The number of Topliss-reactive ketones (excluding diaryl/α,β-unsaturated/α-hetero) is 1. The van der Waals surface area contributed by atoms with Crippen molar-refractivity contribution < 1.29 is 28.5 Å². The Balaban J connectivity index is 1.93. The summed E-state index contributed by atoms with van der Waals surface area (Å²) in [5.74, 6) is -1.05. The smallest absolute Gasteiger partial charge is 0.336 e. The molecule has 1 unspecified atom stereocenters. The van der Waals surface area contributed by atoms with Gasteiger partial charge in [0.15, 0.2) is 11.6 Å². The molecule has 0 bridgehead atoms. The summed E-state index contributed by atoms with van der Waals surface area (Å²) in [7, 11) is 3.16. The molecule has 28 heavy (non-hydrogen) atoms. The Morgan fingerprint density at radius 2 is 1.96 bits per heavy atom. The first kappa shape index (κ1) is 21.5. The maximum absolute atomic E-state index is 12.8. The minimum absolute atomic E-state index is 0.0184. The molecular weight excluding hydrogens is 360 g/mol. The van der Waals surface area contributed by atoms with Gasteiger partial charge in [0, 0.05) is 44.0 Å². The van der Waals surface area contributed by atoms with Crippen molar-refractivity contribution in [2.45, 2.75) is 84.4 Å². The van der Waals surface area contributed by atoms with Crippen molar-refractivity contribution in [1.29, 1.82) is 0 Å². The maximum atomic E-state index is 12.8. The lowest BCUT2D eigenvalue weighted by atomic mass is 9.53. The number of methoxy groups -OCH3 is 2. The largest absolute Gasteiger partial charge is 0.429 e. The second kappa shape index (κ2) is 7.54. The van der Waals surface area contributed by atoms with Crippen molar-refractivity contribution in [3.05, 3.63) is 11.6 Å². The second-order valence-electron chi connectivity index (χ2n) is 9.25. The summed E-state index contributed by atoms with van der Waals surface area (Å²) < 4.78 is 22.8. The number of cyclic esters (lactones) is 1. The monoisotopic (exact) mass is 394 g/mol. The van der Waals surface area contributed by atoms with E-state index in [1.54, 1.807) is 13.2 Å². The lowest BCUT2D eigenvalue weighted by Gasteiger charge is -2.52. The number of carbonyl (C=O) groups excluding carboxylic acids is 2. The molecule has 0 radical (unpaired) electrons. The molecule has 3 rings (SSSR count). The molecular formula is C22H34O6. The van der Waals surface area contributed by atoms with Gasteiger partial charge in [0.05, 0.1) is 0 Å². The van der Waals surface area contributed by atoms with E-state index >= 15 is 0 Å². The Bertz CT molecular complexity index is 668. The molecule has 0 aromatic carbocycles. The number of ether oxygens (including phenoxy) is 4. The molecule has 0 N–H and O–H groups in total. The van der Waals surface area contributed by atoms with Crippen LogP contribution in [0.3, 0.4) is 0 Å². The predicted octanol–water partition coefficient (Wildman–Crippen LogP) is 3.78. The van der Waals surface area contributed by atoms with Crippen LogP contribution in [0.25, 0.3) is 0 Å². The zero-order valence-electron chi connectivity index (χ0n) is 18.0. The van der Waals surface area contributed by atoms with Gasteiger partial charge in [-0.25, -0.2) is 4.79 Å². The van der Waals surface area contributed by atoms with Gasteiger partial charge >= 0.3 is 5.97 Å². The average molecular weight is 395 g/mol. The number of hydrogen-bond acceptors (Lipinski definition) is 6. The van der Waals surface area contributed by atoms with E-state index in [2.05, 4.69) is 20.8 Å². The predicted molar refractivity (Wildman–Crippen MR) is 103 cm³/mol. The van der Waals surface area contributed by atoms with Crippen molar-refractivity contribution in [2.24, 2.45) is 16.7 Å². The van der Waals surface area contributed by atoms with Crippen LogP contribution in [0.1, 0.15) is 66.2 Å². The Morgan fingerprint density at radius 3 is 2.54 bits per heavy atom. The van der Waals surface area contributed by atoms with E-state index in [0.717, 1.165) is 19.3 Å². The molecule has 1 saturated carbocycles. The summed E-state index contributed by atoms with van der Waals surface area (Å²) in [6, 6.07) is 0. The van der Waals surface area contributed by atoms with Crippen LogP contribution in [-0.4, -0.2) is 44.2 Å². The molecule has 158 valence electrons. The van der Waals surface area contributed by atoms with E-state index in [1.165, 1.54) is 7.11 Å². The van der Waals surface area contributed by atoms with Crippen LogP contribution in [0.15, 0.2) is 11.6 Å². The van der Waals surface area contributed by atoms with Gasteiger partial charge in [-0.1, -0.05) is 34.1 Å². The molecule has 0 amide bonds. The lowest BCUT2D eigenvalue weighted by Crippen LogP contribution is -2.53. The molecule has 2 heterocycles. The lowest BCUT2D eigenvalue weighted by molar-refractivity contribution is -0.260. The summed E-state index contributed by atoms with van der Waals surface area (Å²) >= 11 is 0. The fourth-order valence-electron chi connectivity index (χ4n) is 5.89. The zero-order valence-corrected chi connectivity index (χ0v) is 18.0. The SMILES string of the molecule is CCC(=O)[C@H]1O[C@@](CCC2=CC(OC)OC2=O)(OC)[C@@]2(C)CCCC(C)(C)[C@H]12. The van der Waals surface area contributed by atoms with Crippen molar-refractivity contribution in [2.75, 3.05) is 14.2 Å². The van der Waals surface area contributed by atoms with Crippen molar-refractivity contribution in [1.82, 2.24) is 0 Å². The van der Waals surface area contributed by atoms with E-state index in [-0.39, 0.29) is 28.5 Å². The summed E-state index contributed by atoms with van der Waals surface area (Å²) in [6.07, 6.45) is 5.08. The van der Waals surface area contributed by atoms with Crippen LogP contribution in [0, 0.1) is 16.7 Å². The fourth-order valence-corrected chi connectivity index (χ4v) is 5.89. The highest BCUT2D eigenvalue weighted by atomic mass is 16.7. The van der Waals surface area contributed by atoms with Gasteiger partial charge in [-0.15, -0.1) is 0 Å². The summed E-state index contributed by atoms with van der Waals surface area (Å²) in [6.45, 7) is 8.56. The second-order valence-corrected chi connectivity index (χ2v) is 9.25. The van der Waals surface area contributed by atoms with Crippen LogP contribution in [-0.2, 0) is 28.5 Å². The van der Waals surface area contributed by atoms with E-state index in [4.69, 9.17) is 18.9 Å². The topological polar surface area (TPSA) is 71.1 Å². The van der Waals surface area contributed by atoms with E-state index < -0.39 is 18.2 Å². The first-order chi connectivity index (χ1) is 13.1. The summed E-state index contributed by atoms with van der Waals surface area (Å²) in [5.41, 5.74) is 0.255. The highest BCUT2D eigenvalue weighted by Gasteiger charge is 2.68. The Morgan fingerprint density at radius 1 is 1.25 bits per heavy atom. The number of hydrogen-bond donors (Lipinski definition) is 0. The maximum Gasteiger partial charge on any atom is 0.336 e. The molecule has 6 nitrogen and oxygen atoms in total. The normalized spacial score (nSPS) is 39.4. The molecule has 1 aliphatic carbocycles. The molecule has 3 aliphatic rings. The van der Waals surface area contributed by atoms with Gasteiger partial charge < -0.3 is 18.9 Å². The van der Waals surface area contributed by atoms with Crippen LogP contribution >= 0.6 is 0 Å². The molecule has 2 fully saturated rings. The van der Waals surface area contributed by atoms with Gasteiger partial charge in [-0.05, 0) is 30.8 Å². The third-order valence-corrected chi connectivity index (χ3v) is 7.31. The van der Waals surface area contributed by atoms with Crippen molar-refractivity contribution in [3.8, 4) is 0 Å². The van der Waals surface area contributed by atoms with Crippen LogP contribution in [0.5, 0.6) is 0 Å². The van der Waals surface area contributed by atoms with Gasteiger partial charge in [0.2, 0.25) is 6.29 Å². The third kappa shape index (κ3) is 3.23. The number of ketones is 1. The minimum atomic E-state index is -0.906. The van der Waals surface area contributed by atoms with Crippen LogP contribution in [0.4, 0.5) is 0 Å².